The van der Waals surface area contributed by atoms with E-state index < -0.39 is 0 Å². The largest absolute Gasteiger partial charge is 0.340 e. The van der Waals surface area contributed by atoms with Crippen LogP contribution >= 0.6 is 0 Å². The van der Waals surface area contributed by atoms with Gasteiger partial charge in [-0.2, -0.15) is 5.26 Å². The van der Waals surface area contributed by atoms with Crippen LogP contribution in [0.1, 0.15) is 41.4 Å². The highest BCUT2D eigenvalue weighted by atomic mass is 19.1. The molecule has 0 spiro atoms. The molecule has 1 aliphatic heterocycles. The van der Waals surface area contributed by atoms with Crippen LogP contribution in [0.15, 0.2) is 66.9 Å². The maximum Gasteiger partial charge on any atom is 0.219 e. The molecule has 6 nitrogen and oxygen atoms in total. The standard InChI is InChI=1S/C14H18N4O.C13H11F2N/c1-11-13(4-3-5-16-11)14(10-15)18-8-6-17(7-9-18)12(2)19;14-11-5-1-9(2-6-11)13(16)10-3-7-12(15)8-4-10/h3-5,14H,6-9H2,1-2H3;1-8,13H,16H2. The second-order valence-corrected chi connectivity index (χ2v) is 8.33. The van der Waals surface area contributed by atoms with Gasteiger partial charge in [0.1, 0.15) is 17.7 Å². The molecule has 2 aromatic carbocycles. The molecule has 0 bridgehead atoms. The molecule has 0 radical (unpaired) electrons. The van der Waals surface area contributed by atoms with Crippen molar-refractivity contribution in [3.05, 3.63) is 101 Å². The molecular formula is C27H29F2N5O. The van der Waals surface area contributed by atoms with Crippen LogP contribution in [-0.4, -0.2) is 46.9 Å². The zero-order valence-corrected chi connectivity index (χ0v) is 19.9. The van der Waals surface area contributed by atoms with Crippen molar-refractivity contribution in [3.63, 3.8) is 0 Å². The lowest BCUT2D eigenvalue weighted by atomic mass is 10.00. The lowest BCUT2D eigenvalue weighted by Crippen LogP contribution is -2.49. The summed E-state index contributed by atoms with van der Waals surface area (Å²) >= 11 is 0. The molecule has 1 unspecified atom stereocenters. The third-order valence-corrected chi connectivity index (χ3v) is 6.05. The summed E-state index contributed by atoms with van der Waals surface area (Å²) in [6.45, 7) is 6.34. The molecule has 2 N–H and O–H groups in total. The number of halogens is 2. The second kappa shape index (κ2) is 12.2. The Hall–Kier alpha value is -3.67. The number of nitriles is 1. The minimum atomic E-state index is -0.360. The quantitative estimate of drug-likeness (QED) is 0.611. The van der Waals surface area contributed by atoms with E-state index in [2.05, 4.69) is 16.0 Å². The Kier molecular flexibility index (Phi) is 9.01. The Morgan fingerprint density at radius 2 is 1.49 bits per heavy atom. The van der Waals surface area contributed by atoms with E-state index in [9.17, 15) is 18.8 Å². The number of carbonyl (C=O) groups excluding carboxylic acids is 1. The number of hydrogen-bond acceptors (Lipinski definition) is 5. The number of pyridine rings is 1. The number of carbonyl (C=O) groups is 1. The summed E-state index contributed by atoms with van der Waals surface area (Å²) in [5, 5.41) is 9.43. The number of hydrogen-bond donors (Lipinski definition) is 1. The summed E-state index contributed by atoms with van der Waals surface area (Å²) in [4.78, 5) is 19.5. The fraction of sp³-hybridized carbons (Fsp3) is 0.296. The van der Waals surface area contributed by atoms with E-state index >= 15 is 0 Å². The van der Waals surface area contributed by atoms with Crippen molar-refractivity contribution in [1.82, 2.24) is 14.8 Å². The molecule has 2 heterocycles. The first-order chi connectivity index (χ1) is 16.8. The average molecular weight is 478 g/mol. The second-order valence-electron chi connectivity index (χ2n) is 8.33. The fourth-order valence-corrected chi connectivity index (χ4v) is 3.96. The number of aryl methyl sites for hydroxylation is 1. The Labute approximate surface area is 204 Å². The van der Waals surface area contributed by atoms with E-state index in [0.717, 1.165) is 35.5 Å². The number of nitrogens with zero attached hydrogens (tertiary/aromatic N) is 4. The van der Waals surface area contributed by atoms with Crippen LogP contribution < -0.4 is 5.73 Å². The van der Waals surface area contributed by atoms with Crippen LogP contribution in [0.3, 0.4) is 0 Å². The summed E-state index contributed by atoms with van der Waals surface area (Å²) in [6, 6.07) is 17.5. The maximum absolute atomic E-state index is 12.7. The highest BCUT2D eigenvalue weighted by Gasteiger charge is 2.26. The van der Waals surface area contributed by atoms with Gasteiger partial charge in [0.15, 0.2) is 0 Å². The minimum Gasteiger partial charge on any atom is -0.340 e. The minimum absolute atomic E-state index is 0.103. The SMILES string of the molecule is CC(=O)N1CCN(C(C#N)c2cccnc2C)CC1.NC(c1ccc(F)cc1)c1ccc(F)cc1. The normalized spacial score (nSPS) is 14.6. The van der Waals surface area contributed by atoms with Crippen LogP contribution in [0.4, 0.5) is 8.78 Å². The van der Waals surface area contributed by atoms with Crippen LogP contribution in [0.5, 0.6) is 0 Å². The monoisotopic (exact) mass is 477 g/mol. The maximum atomic E-state index is 12.7. The van der Waals surface area contributed by atoms with Gasteiger partial charge in [-0.05, 0) is 48.4 Å². The number of piperazine rings is 1. The van der Waals surface area contributed by atoms with Crippen molar-refractivity contribution in [1.29, 1.82) is 5.26 Å². The van der Waals surface area contributed by atoms with E-state index in [1.54, 1.807) is 37.4 Å². The lowest BCUT2D eigenvalue weighted by Gasteiger charge is -2.36. The van der Waals surface area contributed by atoms with Gasteiger partial charge in [-0.3, -0.25) is 14.7 Å². The van der Waals surface area contributed by atoms with Crippen LogP contribution in [-0.2, 0) is 4.79 Å². The number of rotatable bonds is 4. The van der Waals surface area contributed by atoms with Gasteiger partial charge in [-0.15, -0.1) is 0 Å². The van der Waals surface area contributed by atoms with Crippen molar-refractivity contribution in [3.8, 4) is 6.07 Å². The molecule has 1 aliphatic rings. The summed E-state index contributed by atoms with van der Waals surface area (Å²) in [7, 11) is 0. The highest BCUT2D eigenvalue weighted by Crippen LogP contribution is 2.23. The van der Waals surface area contributed by atoms with Crippen molar-refractivity contribution < 1.29 is 13.6 Å². The Morgan fingerprint density at radius 1 is 0.971 bits per heavy atom. The molecule has 182 valence electrons. The van der Waals surface area contributed by atoms with Gasteiger partial charge < -0.3 is 10.6 Å². The zero-order chi connectivity index (χ0) is 25.4. The molecule has 3 aromatic rings. The first kappa shape index (κ1) is 25.9. The van der Waals surface area contributed by atoms with Gasteiger partial charge >= 0.3 is 0 Å². The van der Waals surface area contributed by atoms with Gasteiger partial charge in [0.2, 0.25) is 5.91 Å². The summed E-state index contributed by atoms with van der Waals surface area (Å²) in [5.74, 6) is -0.490. The van der Waals surface area contributed by atoms with E-state index in [4.69, 9.17) is 5.73 Å². The number of nitrogens with two attached hydrogens (primary N) is 1. The molecule has 4 rings (SSSR count). The first-order valence-corrected chi connectivity index (χ1v) is 11.4. The number of aromatic nitrogens is 1. The third-order valence-electron chi connectivity index (χ3n) is 6.05. The van der Waals surface area contributed by atoms with Crippen LogP contribution in [0, 0.1) is 29.9 Å². The van der Waals surface area contributed by atoms with Crippen molar-refractivity contribution in [2.75, 3.05) is 26.2 Å². The molecule has 1 atom stereocenters. The Balaban J connectivity index is 0.000000198. The predicted octanol–water partition coefficient (Wildman–Crippen LogP) is 4.13. The van der Waals surface area contributed by atoms with Crippen molar-refractivity contribution in [2.45, 2.75) is 25.9 Å². The van der Waals surface area contributed by atoms with Crippen LogP contribution in [0.2, 0.25) is 0 Å². The lowest BCUT2D eigenvalue weighted by molar-refractivity contribution is -0.130. The van der Waals surface area contributed by atoms with Gasteiger partial charge in [0.25, 0.3) is 0 Å². The molecule has 1 fully saturated rings. The molecule has 1 amide bonds. The third kappa shape index (κ3) is 6.92. The molecule has 8 heteroatoms. The fourth-order valence-electron chi connectivity index (χ4n) is 3.96. The number of amides is 1. The van der Waals surface area contributed by atoms with Crippen molar-refractivity contribution >= 4 is 5.91 Å². The molecule has 0 saturated carbocycles. The van der Waals surface area contributed by atoms with E-state index in [1.807, 2.05) is 24.0 Å². The number of benzene rings is 2. The summed E-state index contributed by atoms with van der Waals surface area (Å²) in [6.07, 6.45) is 1.74. The van der Waals surface area contributed by atoms with Gasteiger partial charge in [0.05, 0.1) is 12.1 Å². The summed E-state index contributed by atoms with van der Waals surface area (Å²) < 4.78 is 25.4. The summed E-state index contributed by atoms with van der Waals surface area (Å²) in [5.41, 5.74) is 9.42. The zero-order valence-electron chi connectivity index (χ0n) is 19.9. The highest BCUT2D eigenvalue weighted by molar-refractivity contribution is 5.73. The smallest absolute Gasteiger partial charge is 0.219 e. The Bertz CT molecular complexity index is 1110. The molecule has 1 saturated heterocycles. The van der Waals surface area contributed by atoms with E-state index in [0.29, 0.717) is 13.1 Å². The van der Waals surface area contributed by atoms with E-state index in [1.165, 1.54) is 24.3 Å². The van der Waals surface area contributed by atoms with Crippen LogP contribution in [0.25, 0.3) is 0 Å². The molecular weight excluding hydrogens is 448 g/mol. The topological polar surface area (TPSA) is 86.2 Å². The van der Waals surface area contributed by atoms with Gasteiger partial charge in [-0.1, -0.05) is 30.3 Å². The first-order valence-electron chi connectivity index (χ1n) is 11.4. The average Bonchev–Trinajstić information content (AvgIpc) is 2.87. The van der Waals surface area contributed by atoms with Gasteiger partial charge in [0, 0.05) is 50.6 Å². The molecule has 0 aliphatic carbocycles. The van der Waals surface area contributed by atoms with Gasteiger partial charge in [-0.25, -0.2) is 8.78 Å². The van der Waals surface area contributed by atoms with Crippen molar-refractivity contribution in [2.24, 2.45) is 5.73 Å². The Morgan fingerprint density at radius 3 is 1.91 bits per heavy atom. The molecule has 1 aromatic heterocycles. The predicted molar refractivity (Wildman–Crippen MR) is 130 cm³/mol. The molecule has 35 heavy (non-hydrogen) atoms. The van der Waals surface area contributed by atoms with E-state index in [-0.39, 0.29) is 29.6 Å².